The number of aromatic carboxylic acids is 1. The first kappa shape index (κ1) is 14.4. The number of carbonyl (C=O) groups excluding carboxylic acids is 1. The number of carboxylic acids is 1. The van der Waals surface area contributed by atoms with Gasteiger partial charge in [0.05, 0.1) is 17.8 Å². The van der Waals surface area contributed by atoms with Crippen molar-refractivity contribution in [2.75, 3.05) is 12.9 Å². The Bertz CT molecular complexity index is 462. The Labute approximate surface area is 109 Å². The lowest BCUT2D eigenvalue weighted by molar-refractivity contribution is -0.137. The molecule has 1 heterocycles. The molecular formula is C11H14N2O4S. The molecule has 0 bridgehead atoms. The fourth-order valence-electron chi connectivity index (χ4n) is 1.12. The van der Waals surface area contributed by atoms with E-state index in [1.54, 1.807) is 0 Å². The van der Waals surface area contributed by atoms with Crippen LogP contribution < -0.4 is 0 Å². The van der Waals surface area contributed by atoms with Crippen LogP contribution in [0.1, 0.15) is 36.1 Å². The van der Waals surface area contributed by atoms with E-state index in [0.717, 1.165) is 11.8 Å². The molecule has 18 heavy (non-hydrogen) atoms. The number of aromatic nitrogens is 2. The predicted octanol–water partition coefficient (Wildman–Crippen LogP) is 1.56. The summed E-state index contributed by atoms with van der Waals surface area (Å²) in [6, 6.07) is 0. The highest BCUT2D eigenvalue weighted by Gasteiger charge is 2.17. The van der Waals surface area contributed by atoms with Crippen molar-refractivity contribution < 1.29 is 19.4 Å². The van der Waals surface area contributed by atoms with Crippen LogP contribution in [0.15, 0.2) is 11.1 Å². The summed E-state index contributed by atoms with van der Waals surface area (Å²) in [7, 11) is 1.28. The Kier molecular flexibility index (Phi) is 5.08. The average molecular weight is 270 g/mol. The van der Waals surface area contributed by atoms with Crippen molar-refractivity contribution in [3.8, 4) is 0 Å². The first-order valence-corrected chi connectivity index (χ1v) is 6.24. The summed E-state index contributed by atoms with van der Waals surface area (Å²) >= 11 is 1.05. The van der Waals surface area contributed by atoms with Gasteiger partial charge in [-0.2, -0.15) is 0 Å². The number of thioether (sulfide) groups is 1. The SMILES string of the molecule is COC(=O)CSc1cnc(C(C)C)nc1C(=O)O. The van der Waals surface area contributed by atoms with E-state index in [-0.39, 0.29) is 17.4 Å². The van der Waals surface area contributed by atoms with Crippen LogP contribution in [0.5, 0.6) is 0 Å². The molecule has 0 saturated heterocycles. The minimum absolute atomic E-state index is 0.0289. The zero-order chi connectivity index (χ0) is 13.7. The molecule has 1 N–H and O–H groups in total. The van der Waals surface area contributed by atoms with E-state index in [4.69, 9.17) is 5.11 Å². The number of methoxy groups -OCH3 is 1. The summed E-state index contributed by atoms with van der Waals surface area (Å²) < 4.78 is 4.49. The smallest absolute Gasteiger partial charge is 0.355 e. The fraction of sp³-hybridized carbons (Fsp3) is 0.455. The van der Waals surface area contributed by atoms with Crippen molar-refractivity contribution in [3.63, 3.8) is 0 Å². The van der Waals surface area contributed by atoms with E-state index in [1.165, 1.54) is 13.3 Å². The zero-order valence-electron chi connectivity index (χ0n) is 10.3. The number of ether oxygens (including phenoxy) is 1. The van der Waals surface area contributed by atoms with Crippen molar-refractivity contribution >= 4 is 23.7 Å². The molecule has 6 nitrogen and oxygen atoms in total. The molecular weight excluding hydrogens is 256 g/mol. The minimum atomic E-state index is -1.13. The molecule has 0 aromatic carbocycles. The van der Waals surface area contributed by atoms with Crippen LogP contribution in [0.3, 0.4) is 0 Å². The van der Waals surface area contributed by atoms with Gasteiger partial charge >= 0.3 is 11.9 Å². The zero-order valence-corrected chi connectivity index (χ0v) is 11.2. The van der Waals surface area contributed by atoms with E-state index < -0.39 is 11.9 Å². The molecule has 0 saturated carbocycles. The second-order valence-electron chi connectivity index (χ2n) is 3.77. The Balaban J connectivity index is 2.97. The Morgan fingerprint density at radius 1 is 1.50 bits per heavy atom. The predicted molar refractivity (Wildman–Crippen MR) is 65.8 cm³/mol. The van der Waals surface area contributed by atoms with E-state index in [2.05, 4.69) is 14.7 Å². The van der Waals surface area contributed by atoms with Crippen molar-refractivity contribution in [2.24, 2.45) is 0 Å². The lowest BCUT2D eigenvalue weighted by atomic mass is 10.2. The van der Waals surface area contributed by atoms with Crippen molar-refractivity contribution in [1.29, 1.82) is 0 Å². The number of carbonyl (C=O) groups is 2. The van der Waals surface area contributed by atoms with Crippen LogP contribution in [0, 0.1) is 0 Å². The first-order valence-electron chi connectivity index (χ1n) is 5.25. The van der Waals surface area contributed by atoms with Gasteiger partial charge in [0.2, 0.25) is 0 Å². The van der Waals surface area contributed by atoms with E-state index in [0.29, 0.717) is 10.7 Å². The molecule has 0 aliphatic rings. The van der Waals surface area contributed by atoms with E-state index >= 15 is 0 Å². The molecule has 1 aromatic heterocycles. The molecule has 0 spiro atoms. The van der Waals surface area contributed by atoms with Crippen LogP contribution in [0.25, 0.3) is 0 Å². The number of nitrogens with zero attached hydrogens (tertiary/aromatic N) is 2. The van der Waals surface area contributed by atoms with E-state index in [1.807, 2.05) is 13.8 Å². The molecule has 0 radical (unpaired) electrons. The van der Waals surface area contributed by atoms with Crippen LogP contribution in [0.4, 0.5) is 0 Å². The normalized spacial score (nSPS) is 10.4. The lowest BCUT2D eigenvalue weighted by Crippen LogP contribution is -2.10. The summed E-state index contributed by atoms with van der Waals surface area (Å²) in [5.74, 6) is -1.02. The van der Waals surface area contributed by atoms with Gasteiger partial charge in [-0.25, -0.2) is 14.8 Å². The Hall–Kier alpha value is -1.63. The summed E-state index contributed by atoms with van der Waals surface area (Å²) in [6.07, 6.45) is 1.43. The lowest BCUT2D eigenvalue weighted by Gasteiger charge is -2.08. The van der Waals surface area contributed by atoms with E-state index in [9.17, 15) is 9.59 Å². The maximum absolute atomic E-state index is 11.1. The van der Waals surface area contributed by atoms with Crippen LogP contribution in [-0.2, 0) is 9.53 Å². The highest BCUT2D eigenvalue weighted by Crippen LogP contribution is 2.22. The van der Waals surface area contributed by atoms with Gasteiger partial charge in [-0.1, -0.05) is 13.8 Å². The van der Waals surface area contributed by atoms with Crippen LogP contribution >= 0.6 is 11.8 Å². The quantitative estimate of drug-likeness (QED) is 0.641. The summed E-state index contributed by atoms with van der Waals surface area (Å²) in [5, 5.41) is 9.07. The molecule has 0 aliphatic heterocycles. The Morgan fingerprint density at radius 2 is 2.17 bits per heavy atom. The van der Waals surface area contributed by atoms with Gasteiger partial charge in [0.25, 0.3) is 0 Å². The molecule has 0 fully saturated rings. The molecule has 7 heteroatoms. The summed E-state index contributed by atoms with van der Waals surface area (Å²) in [6.45, 7) is 3.75. The van der Waals surface area contributed by atoms with Gasteiger partial charge in [-0.3, -0.25) is 4.79 Å². The highest BCUT2D eigenvalue weighted by atomic mass is 32.2. The molecule has 1 aromatic rings. The number of esters is 1. The Morgan fingerprint density at radius 3 is 2.67 bits per heavy atom. The molecule has 1 rings (SSSR count). The number of hydrogen-bond donors (Lipinski definition) is 1. The van der Waals surface area contributed by atoms with Gasteiger partial charge in [0, 0.05) is 12.1 Å². The average Bonchev–Trinajstić information content (AvgIpc) is 2.35. The second-order valence-corrected chi connectivity index (χ2v) is 4.78. The third-order valence-corrected chi connectivity index (χ3v) is 3.06. The standard InChI is InChI=1S/C11H14N2O4S/c1-6(2)10-12-4-7(9(13-10)11(15)16)18-5-8(14)17-3/h4,6H,5H2,1-3H3,(H,15,16). The third kappa shape index (κ3) is 3.69. The number of hydrogen-bond acceptors (Lipinski definition) is 6. The van der Waals surface area contributed by atoms with Gasteiger partial charge in [-0.05, 0) is 0 Å². The van der Waals surface area contributed by atoms with Crippen molar-refractivity contribution in [2.45, 2.75) is 24.7 Å². The maximum atomic E-state index is 11.1. The maximum Gasteiger partial charge on any atom is 0.355 e. The second kappa shape index (κ2) is 6.34. The molecule has 0 unspecified atom stereocenters. The van der Waals surface area contributed by atoms with Gasteiger partial charge in [0.15, 0.2) is 5.69 Å². The van der Waals surface area contributed by atoms with Crippen molar-refractivity contribution in [1.82, 2.24) is 9.97 Å². The monoisotopic (exact) mass is 270 g/mol. The first-order chi connectivity index (χ1) is 8.45. The molecule has 0 aliphatic carbocycles. The molecule has 98 valence electrons. The largest absolute Gasteiger partial charge is 0.476 e. The molecule has 0 amide bonds. The van der Waals surface area contributed by atoms with Gasteiger partial charge in [-0.15, -0.1) is 11.8 Å². The van der Waals surface area contributed by atoms with Gasteiger partial charge in [0.1, 0.15) is 5.82 Å². The van der Waals surface area contributed by atoms with Crippen LogP contribution in [-0.4, -0.2) is 39.9 Å². The van der Waals surface area contributed by atoms with Gasteiger partial charge < -0.3 is 9.84 Å². The number of carboxylic acid groups (broad SMARTS) is 1. The fourth-order valence-corrected chi connectivity index (χ4v) is 1.91. The van der Waals surface area contributed by atoms with Crippen molar-refractivity contribution in [3.05, 3.63) is 17.7 Å². The number of rotatable bonds is 5. The minimum Gasteiger partial charge on any atom is -0.476 e. The topological polar surface area (TPSA) is 89.4 Å². The van der Waals surface area contributed by atoms with Crippen LogP contribution in [0.2, 0.25) is 0 Å². The highest BCUT2D eigenvalue weighted by molar-refractivity contribution is 8.00. The molecule has 0 atom stereocenters. The summed E-state index contributed by atoms with van der Waals surface area (Å²) in [4.78, 5) is 30.5. The third-order valence-electron chi connectivity index (χ3n) is 2.07. The summed E-state index contributed by atoms with van der Waals surface area (Å²) in [5.41, 5.74) is -0.0809.